The van der Waals surface area contributed by atoms with Crippen molar-refractivity contribution in [3.63, 3.8) is 0 Å². The Morgan fingerprint density at radius 2 is 1.17 bits per heavy atom. The first-order valence-electron chi connectivity index (χ1n) is 26.1. The predicted octanol–water partition coefficient (Wildman–Crippen LogP) is -0.438. The Morgan fingerprint density at radius 3 is 1.71 bits per heavy atom. The fraction of sp³-hybridized carbons (Fsp3) is 0.771. The summed E-state index contributed by atoms with van der Waals surface area (Å²) >= 11 is 0. The molecular formula is C48H76F3N6O24P. The second-order valence-electron chi connectivity index (χ2n) is 19.0. The second-order valence-corrected chi connectivity index (χ2v) is 20.1. The number of nitrogens with one attached hydrogen (secondary N) is 6. The molecule has 6 amide bonds. The van der Waals surface area contributed by atoms with Gasteiger partial charge in [-0.2, -0.15) is 13.2 Å². The fourth-order valence-corrected chi connectivity index (χ4v) is 8.59. The third-order valence-electron chi connectivity index (χ3n) is 11.8. The van der Waals surface area contributed by atoms with Crippen LogP contribution in [0.25, 0.3) is 0 Å². The summed E-state index contributed by atoms with van der Waals surface area (Å²) in [5.41, 5.74) is 0. The van der Waals surface area contributed by atoms with Crippen LogP contribution in [0.1, 0.15) is 120 Å². The van der Waals surface area contributed by atoms with Crippen molar-refractivity contribution in [1.82, 2.24) is 31.9 Å². The summed E-state index contributed by atoms with van der Waals surface area (Å²) in [6.07, 6.45) is -18.4. The molecule has 0 spiro atoms. The van der Waals surface area contributed by atoms with Crippen LogP contribution in [0, 0.1) is 0 Å². The third kappa shape index (κ3) is 26.9. The summed E-state index contributed by atoms with van der Waals surface area (Å²) in [7, 11) is -5.57. The van der Waals surface area contributed by atoms with E-state index in [1.165, 1.54) is 6.92 Å². The summed E-state index contributed by atoms with van der Waals surface area (Å²) in [5.74, 6) is -10.8. The van der Waals surface area contributed by atoms with Crippen molar-refractivity contribution >= 4 is 73.1 Å². The number of hydrogen-bond donors (Lipinski definition) is 8. The van der Waals surface area contributed by atoms with Crippen LogP contribution in [-0.2, 0) is 104 Å². The van der Waals surface area contributed by atoms with Gasteiger partial charge >= 0.3 is 49.8 Å². The number of alkyl halides is 3. The van der Waals surface area contributed by atoms with Crippen LogP contribution in [0.3, 0.4) is 0 Å². The third-order valence-corrected chi connectivity index (χ3v) is 12.2. The van der Waals surface area contributed by atoms with E-state index in [4.69, 9.17) is 47.2 Å². The molecule has 2 saturated heterocycles. The quantitative estimate of drug-likeness (QED) is 0.0179. The van der Waals surface area contributed by atoms with Crippen LogP contribution in [0.2, 0.25) is 0 Å². The summed E-state index contributed by atoms with van der Waals surface area (Å²) in [4.78, 5) is 159. The van der Waals surface area contributed by atoms with Gasteiger partial charge in [0.05, 0.1) is 6.61 Å². The fourth-order valence-electron chi connectivity index (χ4n) is 8.14. The highest BCUT2D eigenvalue weighted by molar-refractivity contribution is 7.46. The van der Waals surface area contributed by atoms with Crippen molar-refractivity contribution in [2.75, 3.05) is 32.9 Å². The molecule has 0 aromatic carbocycles. The molecule has 2 aliphatic rings. The highest BCUT2D eigenvalue weighted by Crippen LogP contribution is 2.42. The van der Waals surface area contributed by atoms with E-state index >= 15 is 0 Å². The van der Waals surface area contributed by atoms with Crippen LogP contribution in [0.15, 0.2) is 0 Å². The number of carbonyl (C=O) groups is 11. The molecule has 8 N–H and O–H groups in total. The van der Waals surface area contributed by atoms with Gasteiger partial charge in [0.2, 0.25) is 29.5 Å². The number of ether oxygens (including phenoxy) is 9. The number of hydrogen-bond acceptors (Lipinski definition) is 22. The number of unbranched alkanes of at least 4 members (excludes halogenated alkanes) is 4. The lowest BCUT2D eigenvalue weighted by Gasteiger charge is -2.50. The van der Waals surface area contributed by atoms with Crippen molar-refractivity contribution in [3.05, 3.63) is 0 Å². The molecule has 34 heteroatoms. The minimum atomic E-state index is -5.57. The summed E-state index contributed by atoms with van der Waals surface area (Å²) in [5, 5.41) is 14.0. The Hall–Kier alpha value is -6.09. The van der Waals surface area contributed by atoms with E-state index in [1.807, 2.05) is 6.92 Å². The molecule has 2 rings (SSSR count). The molecule has 82 heavy (non-hydrogen) atoms. The number of halogens is 3. The molecular weight excluding hydrogens is 1130 g/mol. The van der Waals surface area contributed by atoms with Gasteiger partial charge in [0.1, 0.15) is 67.9 Å². The Kier molecular flexibility index (Phi) is 30.9. The maximum atomic E-state index is 13.9. The maximum absolute atomic E-state index is 13.9. The van der Waals surface area contributed by atoms with Gasteiger partial charge < -0.3 is 84.3 Å². The minimum Gasteiger partial charge on any atom is -0.464 e. The molecule has 0 aromatic heterocycles. The Balaban J connectivity index is 2.42. The molecule has 0 radical (unpaired) electrons. The lowest BCUT2D eigenvalue weighted by atomic mass is 9.93. The van der Waals surface area contributed by atoms with Gasteiger partial charge in [0.25, 0.3) is 0 Å². The molecule has 30 nitrogen and oxygen atoms in total. The van der Waals surface area contributed by atoms with Crippen LogP contribution < -0.4 is 31.9 Å². The van der Waals surface area contributed by atoms with E-state index in [0.717, 1.165) is 67.7 Å². The van der Waals surface area contributed by atoms with Gasteiger partial charge in [0.15, 0.2) is 24.8 Å². The van der Waals surface area contributed by atoms with E-state index < -0.39 is 172 Å². The van der Waals surface area contributed by atoms with Crippen LogP contribution in [-0.4, -0.2) is 194 Å². The average molecular weight is 1210 g/mol. The molecule has 0 aliphatic carbocycles. The number of rotatable bonds is 33. The minimum absolute atomic E-state index is 0.00786. The molecule has 0 saturated carbocycles. The van der Waals surface area contributed by atoms with Crippen molar-refractivity contribution in [2.45, 2.75) is 206 Å². The Labute approximate surface area is 470 Å². The average Bonchev–Trinajstić information content (AvgIpc) is 3.29. The predicted molar refractivity (Wildman–Crippen MR) is 269 cm³/mol. The first kappa shape index (κ1) is 72.0. The molecule has 2 aliphatic heterocycles. The van der Waals surface area contributed by atoms with Gasteiger partial charge in [-0.1, -0.05) is 26.2 Å². The summed E-state index contributed by atoms with van der Waals surface area (Å²) in [6.45, 7) is 8.38. The van der Waals surface area contributed by atoms with Gasteiger partial charge in [-0.05, 0) is 46.0 Å². The van der Waals surface area contributed by atoms with Crippen molar-refractivity contribution in [3.8, 4) is 0 Å². The van der Waals surface area contributed by atoms with E-state index in [9.17, 15) is 80.3 Å². The van der Waals surface area contributed by atoms with E-state index in [1.54, 1.807) is 5.32 Å². The lowest BCUT2D eigenvalue weighted by Crippen LogP contribution is -2.70. The van der Waals surface area contributed by atoms with Gasteiger partial charge in [-0.15, -0.1) is 0 Å². The lowest BCUT2D eigenvalue weighted by molar-refractivity contribution is -0.332. The van der Waals surface area contributed by atoms with Crippen LogP contribution in [0.5, 0.6) is 0 Å². The smallest absolute Gasteiger partial charge is 0.464 e. The van der Waals surface area contributed by atoms with Crippen molar-refractivity contribution in [1.29, 1.82) is 0 Å². The van der Waals surface area contributed by atoms with Gasteiger partial charge in [-0.25, -0.2) is 9.36 Å². The largest absolute Gasteiger partial charge is 0.472 e. The molecule has 468 valence electrons. The molecule has 0 bridgehead atoms. The highest BCUT2D eigenvalue weighted by atomic mass is 31.2. The Morgan fingerprint density at radius 1 is 0.622 bits per heavy atom. The van der Waals surface area contributed by atoms with E-state index in [-0.39, 0.29) is 51.8 Å². The molecule has 13 atom stereocenters. The SMILES string of the molecule is CCCCCCOC(=O)[C@H](CCCCNC(=O)C(F)(F)F)NC(=O)CCCNC(=O)[C@H](C)NC(=O)[C@@H](C)O[C@@H]1[C@@H](NC(C)=O)[C@@H](OP(=O)(O)O)O[C@H](COC(C)=O)[C@H]1O[C@@H]1O[C@H](COC(C)=O)[C@@H](OC(C)=O)[C@H](OC(C)=O)[C@H]1NC(C)=O. The monoisotopic (exact) mass is 1210 g/mol. The summed E-state index contributed by atoms with van der Waals surface area (Å²) in [6, 6.07) is -6.09. The number of phosphoric acid groups is 1. The Bertz CT molecular complexity index is 2240. The topological polar surface area (TPSA) is 410 Å². The van der Waals surface area contributed by atoms with E-state index in [0.29, 0.717) is 6.42 Å². The number of phosphoric ester groups is 1. The maximum Gasteiger partial charge on any atom is 0.472 e. The zero-order valence-corrected chi connectivity index (χ0v) is 47.8. The zero-order valence-electron chi connectivity index (χ0n) is 46.9. The zero-order chi connectivity index (χ0) is 62.1. The van der Waals surface area contributed by atoms with Crippen molar-refractivity contribution < 1.29 is 127 Å². The number of amides is 6. The van der Waals surface area contributed by atoms with Crippen LogP contribution in [0.4, 0.5) is 13.2 Å². The molecule has 0 unspecified atom stereocenters. The van der Waals surface area contributed by atoms with Crippen LogP contribution >= 0.6 is 7.82 Å². The first-order valence-corrected chi connectivity index (χ1v) is 27.7. The molecule has 0 aromatic rings. The second kappa shape index (κ2) is 35.1. The van der Waals surface area contributed by atoms with Crippen molar-refractivity contribution in [2.24, 2.45) is 0 Å². The van der Waals surface area contributed by atoms with E-state index in [2.05, 4.69) is 26.6 Å². The standard InChI is InChI=1S/C48H76F3N6O24P/c1-10-11-12-15-21-72-44(67)32(17-13-14-19-53-47(68)48(49,50)51)57-35(64)18-16-20-52-42(65)24(2)54-43(66)25(3)75-40-37(56-27(5)59)46(81-82(69,70)71)79-34(23-74-29(7)61)39(40)80-45-36(55-26(4)58)41(77-31(9)63)38(76-30(8)62)33(78-45)22-73-28(6)60/h24-25,32-34,36-41,45-46H,10-23H2,1-9H3,(H,52,65)(H,53,68)(H,54,66)(H,55,58)(H,56,59)(H,57,64)(H2,69,70,71)/t24-,25+,32-,33+,34+,36+,37+,38+,39+,40+,41+,45-,46+/m0/s1. The highest BCUT2D eigenvalue weighted by Gasteiger charge is 2.57. The number of esters is 5. The molecule has 2 heterocycles. The normalized spacial score (nSPS) is 23.7. The molecule has 2 fully saturated rings. The van der Waals surface area contributed by atoms with Gasteiger partial charge in [-0.3, -0.25) is 52.5 Å². The first-order chi connectivity index (χ1) is 38.2. The summed E-state index contributed by atoms with van der Waals surface area (Å²) < 4.78 is 106. The van der Waals surface area contributed by atoms with Gasteiger partial charge in [0, 0.05) is 61.1 Å². The number of carbonyl (C=O) groups excluding carboxylic acids is 11.